The van der Waals surface area contributed by atoms with Gasteiger partial charge in [0.1, 0.15) is 5.82 Å². The molecule has 2 rings (SSSR count). The number of nitrogens with one attached hydrogen (secondary N) is 1. The number of nitro groups is 1. The molecule has 22 heavy (non-hydrogen) atoms. The Morgan fingerprint density at radius 2 is 2.05 bits per heavy atom. The second-order valence-corrected chi connectivity index (χ2v) is 4.90. The van der Waals surface area contributed by atoms with Crippen molar-refractivity contribution in [1.82, 2.24) is 4.98 Å². The lowest BCUT2D eigenvalue weighted by Crippen LogP contribution is -2.14. The molecule has 0 fully saturated rings. The summed E-state index contributed by atoms with van der Waals surface area (Å²) in [7, 11) is 0. The smallest absolute Gasteiger partial charge is 0.311 e. The second-order valence-electron chi connectivity index (χ2n) is 4.50. The molecule has 0 saturated heterocycles. The summed E-state index contributed by atoms with van der Waals surface area (Å²) in [6.07, 6.45) is 0.691. The van der Waals surface area contributed by atoms with Gasteiger partial charge in [0.05, 0.1) is 4.92 Å². The molecule has 0 saturated carbocycles. The second kappa shape index (κ2) is 6.86. The fourth-order valence-electron chi connectivity index (χ4n) is 1.85. The highest BCUT2D eigenvalue weighted by Gasteiger charge is 2.14. The van der Waals surface area contributed by atoms with Crippen LogP contribution in [0, 0.1) is 10.1 Å². The minimum atomic E-state index is -0.634. The number of nitrogens with zero attached hydrogens (tertiary/aromatic N) is 2. The molecule has 1 aromatic carbocycles. The molecule has 8 heteroatoms. The average Bonchev–Trinajstić information content (AvgIpc) is 2.46. The number of nitrogen functional groups attached to an aromatic ring is 1. The van der Waals surface area contributed by atoms with Gasteiger partial charge in [-0.05, 0) is 24.1 Å². The normalized spacial score (nSPS) is 10.2. The molecule has 0 aliphatic rings. The van der Waals surface area contributed by atoms with E-state index in [1.807, 2.05) is 18.2 Å². The molecule has 0 unspecified atom stereocenters. The van der Waals surface area contributed by atoms with Crippen LogP contribution >= 0.6 is 11.6 Å². The number of carbonyl (C=O) groups is 1. The molecule has 1 heterocycles. The number of amides is 1. The molecular formula is C14H13ClN4O3. The Kier molecular flexibility index (Phi) is 4.90. The number of anilines is 2. The number of carbonyl (C=O) groups excluding carboxylic acids is 1. The predicted octanol–water partition coefficient (Wildman–Crippen LogP) is 2.80. The zero-order valence-electron chi connectivity index (χ0n) is 11.5. The number of rotatable bonds is 5. The lowest BCUT2D eigenvalue weighted by atomic mass is 10.1. The number of halogens is 1. The van der Waals surface area contributed by atoms with Gasteiger partial charge in [0.15, 0.2) is 0 Å². The summed E-state index contributed by atoms with van der Waals surface area (Å²) >= 11 is 6.01. The molecule has 7 nitrogen and oxygen atoms in total. The van der Waals surface area contributed by atoms with E-state index >= 15 is 0 Å². The Bertz CT molecular complexity index is 721. The van der Waals surface area contributed by atoms with Gasteiger partial charge in [-0.3, -0.25) is 14.9 Å². The van der Waals surface area contributed by atoms with Gasteiger partial charge in [-0.2, -0.15) is 0 Å². The van der Waals surface area contributed by atoms with Crippen LogP contribution in [0.3, 0.4) is 0 Å². The molecule has 3 N–H and O–H groups in total. The minimum absolute atomic E-state index is 0.173. The highest BCUT2D eigenvalue weighted by Crippen LogP contribution is 2.21. The fraction of sp³-hybridized carbons (Fsp3) is 0.143. The van der Waals surface area contributed by atoms with E-state index in [-0.39, 0.29) is 29.7 Å². The maximum Gasteiger partial charge on any atom is 0.311 e. The van der Waals surface area contributed by atoms with Gasteiger partial charge in [0.25, 0.3) is 0 Å². The van der Waals surface area contributed by atoms with Gasteiger partial charge in [-0.25, -0.2) is 4.98 Å². The molecule has 0 aliphatic carbocycles. The van der Waals surface area contributed by atoms with Crippen molar-refractivity contribution in [3.05, 3.63) is 57.1 Å². The molecule has 114 valence electrons. The number of hydrogen-bond acceptors (Lipinski definition) is 5. The number of hydrogen-bond donors (Lipinski definition) is 2. The van der Waals surface area contributed by atoms with Crippen molar-refractivity contribution in [1.29, 1.82) is 0 Å². The summed E-state index contributed by atoms with van der Waals surface area (Å²) in [5.41, 5.74) is 6.04. The molecule has 0 aliphatic heterocycles. The van der Waals surface area contributed by atoms with E-state index in [0.717, 1.165) is 5.56 Å². The van der Waals surface area contributed by atoms with Gasteiger partial charge >= 0.3 is 5.69 Å². The van der Waals surface area contributed by atoms with Crippen LogP contribution < -0.4 is 11.1 Å². The van der Waals surface area contributed by atoms with E-state index in [2.05, 4.69) is 10.3 Å². The van der Waals surface area contributed by atoms with E-state index in [4.69, 9.17) is 17.3 Å². The summed E-state index contributed by atoms with van der Waals surface area (Å²) < 4.78 is 0. The number of nitrogens with two attached hydrogens (primary N) is 1. The van der Waals surface area contributed by atoms with E-state index in [0.29, 0.717) is 11.4 Å². The third-order valence-corrected chi connectivity index (χ3v) is 3.31. The lowest BCUT2D eigenvalue weighted by Gasteiger charge is -2.06. The molecule has 1 aromatic heterocycles. The van der Waals surface area contributed by atoms with Crippen molar-refractivity contribution in [2.75, 3.05) is 11.1 Å². The van der Waals surface area contributed by atoms with Crippen LogP contribution in [0.4, 0.5) is 17.3 Å². The van der Waals surface area contributed by atoms with Crippen LogP contribution in [0.2, 0.25) is 5.02 Å². The van der Waals surface area contributed by atoms with Crippen LogP contribution in [0.25, 0.3) is 0 Å². The van der Waals surface area contributed by atoms with Gasteiger partial charge < -0.3 is 11.1 Å². The van der Waals surface area contributed by atoms with Crippen LogP contribution in [0.15, 0.2) is 36.4 Å². The molecule has 0 radical (unpaired) electrons. The van der Waals surface area contributed by atoms with Gasteiger partial charge in [0, 0.05) is 17.5 Å². The number of benzene rings is 1. The highest BCUT2D eigenvalue weighted by atomic mass is 35.5. The SMILES string of the molecule is Nc1nc(NC(=O)CCc2ccccc2Cl)ccc1[N+](=O)[O-]. The first-order valence-electron chi connectivity index (χ1n) is 6.41. The van der Waals surface area contributed by atoms with Crippen molar-refractivity contribution >= 4 is 34.8 Å². The topological polar surface area (TPSA) is 111 Å². The monoisotopic (exact) mass is 320 g/mol. The molecule has 0 bridgehead atoms. The zero-order chi connectivity index (χ0) is 16.1. The molecule has 1 amide bonds. The zero-order valence-corrected chi connectivity index (χ0v) is 12.2. The van der Waals surface area contributed by atoms with Crippen molar-refractivity contribution in [2.24, 2.45) is 0 Å². The third kappa shape index (κ3) is 3.92. The number of aromatic nitrogens is 1. The van der Waals surface area contributed by atoms with E-state index in [1.54, 1.807) is 6.07 Å². The summed E-state index contributed by atoms with van der Waals surface area (Å²) in [5, 5.41) is 13.8. The Hall–Kier alpha value is -2.67. The third-order valence-electron chi connectivity index (χ3n) is 2.95. The van der Waals surface area contributed by atoms with Crippen molar-refractivity contribution in [2.45, 2.75) is 12.8 Å². The Labute approximate surface area is 131 Å². The Morgan fingerprint density at radius 3 is 2.68 bits per heavy atom. The van der Waals surface area contributed by atoms with Gasteiger partial charge in [0.2, 0.25) is 11.7 Å². The molecule has 0 spiro atoms. The quantitative estimate of drug-likeness (QED) is 0.650. The van der Waals surface area contributed by atoms with Crippen molar-refractivity contribution in [3.8, 4) is 0 Å². The maximum atomic E-state index is 11.9. The van der Waals surface area contributed by atoms with Crippen LogP contribution in [-0.2, 0) is 11.2 Å². The molecule has 0 atom stereocenters. The largest absolute Gasteiger partial charge is 0.378 e. The van der Waals surface area contributed by atoms with Crippen molar-refractivity contribution < 1.29 is 9.72 Å². The summed E-state index contributed by atoms with van der Waals surface area (Å²) in [6, 6.07) is 9.80. The van der Waals surface area contributed by atoms with Crippen LogP contribution in [0.1, 0.15) is 12.0 Å². The summed E-state index contributed by atoms with van der Waals surface area (Å²) in [4.78, 5) is 25.6. The van der Waals surface area contributed by atoms with Crippen molar-refractivity contribution in [3.63, 3.8) is 0 Å². The van der Waals surface area contributed by atoms with Crippen LogP contribution in [0.5, 0.6) is 0 Å². The van der Waals surface area contributed by atoms with E-state index in [9.17, 15) is 14.9 Å². The summed E-state index contributed by atoms with van der Waals surface area (Å²) in [6.45, 7) is 0. The standard InChI is InChI=1S/C14H13ClN4O3/c15-10-4-2-1-3-9(10)5-8-13(20)17-12-7-6-11(19(21)22)14(16)18-12/h1-4,6-7H,5,8H2,(H3,16,17,18,20). The van der Waals surface area contributed by atoms with Gasteiger partial charge in [-0.1, -0.05) is 29.8 Å². The minimum Gasteiger partial charge on any atom is -0.378 e. The predicted molar refractivity (Wildman–Crippen MR) is 83.7 cm³/mol. The first kappa shape index (κ1) is 15.7. The van der Waals surface area contributed by atoms with E-state index in [1.165, 1.54) is 12.1 Å². The first-order chi connectivity index (χ1) is 10.5. The maximum absolute atomic E-state index is 11.9. The fourth-order valence-corrected chi connectivity index (χ4v) is 2.08. The molecular weight excluding hydrogens is 308 g/mol. The first-order valence-corrected chi connectivity index (χ1v) is 6.79. The lowest BCUT2D eigenvalue weighted by molar-refractivity contribution is -0.384. The number of pyridine rings is 1. The van der Waals surface area contributed by atoms with E-state index < -0.39 is 4.92 Å². The van der Waals surface area contributed by atoms with Gasteiger partial charge in [-0.15, -0.1) is 0 Å². The average molecular weight is 321 g/mol. The van der Waals surface area contributed by atoms with Crippen LogP contribution in [-0.4, -0.2) is 15.8 Å². The highest BCUT2D eigenvalue weighted by molar-refractivity contribution is 6.31. The molecule has 2 aromatic rings. The Morgan fingerprint density at radius 1 is 1.32 bits per heavy atom. The number of aryl methyl sites for hydroxylation is 1. The summed E-state index contributed by atoms with van der Waals surface area (Å²) in [5.74, 6) is -0.346. The Balaban J connectivity index is 1.96.